The molecule has 0 aliphatic heterocycles. The minimum absolute atomic E-state index is 0.127. The van der Waals surface area contributed by atoms with Crippen LogP contribution in [0.15, 0.2) is 22.1 Å². The number of fused-ring (bicyclic) bond motifs is 2. The number of carbonyl (C=O) groups excluding carboxylic acids is 2. The Morgan fingerprint density at radius 3 is 1.22 bits per heavy atom. The van der Waals surface area contributed by atoms with Crippen LogP contribution in [-0.2, 0) is 19.1 Å². The van der Waals surface area contributed by atoms with Crippen molar-refractivity contribution in [1.82, 2.24) is 0 Å². The topological polar surface area (TPSA) is 199 Å². The summed E-state index contributed by atoms with van der Waals surface area (Å²) in [6.45, 7) is 11.9. The number of hydrogen-bond acceptors (Lipinski definition) is 12. The normalized spacial score (nSPS) is 12.0. The first-order chi connectivity index (χ1) is 27.6. The van der Waals surface area contributed by atoms with Crippen LogP contribution in [0.5, 0.6) is 34.5 Å². The molecule has 0 fully saturated rings. The van der Waals surface area contributed by atoms with Gasteiger partial charge in [0.25, 0.3) is 0 Å². The molecule has 0 radical (unpaired) electrons. The summed E-state index contributed by atoms with van der Waals surface area (Å²) in [5.41, 5.74) is 2.89. The van der Waals surface area contributed by atoms with Crippen LogP contribution in [0.25, 0.3) is 32.7 Å². The number of aryl methyl sites for hydroxylation is 2. The third kappa shape index (κ3) is 9.77. The summed E-state index contributed by atoms with van der Waals surface area (Å²) in [5.74, 6) is -2.88. The van der Waals surface area contributed by atoms with Gasteiger partial charge in [-0.1, -0.05) is 65.5 Å². The Morgan fingerprint density at radius 2 is 0.897 bits per heavy atom. The fourth-order valence-electron chi connectivity index (χ4n) is 7.79. The van der Waals surface area contributed by atoms with E-state index in [0.717, 1.165) is 38.5 Å². The second-order valence-electron chi connectivity index (χ2n) is 15.6. The molecule has 0 aliphatic carbocycles. The maximum atomic E-state index is 12.3. The molecule has 6 N–H and O–H groups in total. The van der Waals surface area contributed by atoms with Crippen molar-refractivity contribution >= 4 is 45.9 Å². The van der Waals surface area contributed by atoms with Gasteiger partial charge in [-0.05, 0) is 73.3 Å². The van der Waals surface area contributed by atoms with Crippen molar-refractivity contribution in [3.05, 3.63) is 45.5 Å². The first-order valence-electron chi connectivity index (χ1n) is 20.2. The molecule has 0 saturated heterocycles. The number of phenolic OH excluding ortho intramolecular Hbond substituents is 6. The van der Waals surface area contributed by atoms with Crippen molar-refractivity contribution in [1.29, 1.82) is 0 Å². The van der Waals surface area contributed by atoms with Gasteiger partial charge in [0.05, 0.1) is 14.2 Å². The summed E-state index contributed by atoms with van der Waals surface area (Å²) in [5, 5.41) is 71.6. The van der Waals surface area contributed by atoms with Crippen LogP contribution in [-0.4, -0.2) is 82.3 Å². The lowest BCUT2D eigenvalue weighted by molar-refractivity contribution is -0.141. The molecule has 0 spiro atoms. The fraction of sp³-hybridized carbons (Fsp3) is 0.478. The van der Waals surface area contributed by atoms with Gasteiger partial charge in [-0.2, -0.15) is 0 Å². The Hall–Kier alpha value is -5.52. The molecule has 0 amide bonds. The maximum absolute atomic E-state index is 12.3. The summed E-state index contributed by atoms with van der Waals surface area (Å²) in [7, 11) is 2.73. The van der Waals surface area contributed by atoms with E-state index in [4.69, 9.17) is 9.47 Å². The minimum Gasteiger partial charge on any atom is -0.507 e. The van der Waals surface area contributed by atoms with E-state index in [1.54, 1.807) is 13.8 Å². The van der Waals surface area contributed by atoms with Gasteiger partial charge in [-0.3, -0.25) is 19.6 Å². The van der Waals surface area contributed by atoms with Crippen molar-refractivity contribution in [3.8, 4) is 45.6 Å². The molecule has 0 heterocycles. The smallest absolute Gasteiger partial charge is 0.305 e. The molecule has 4 aromatic rings. The summed E-state index contributed by atoms with van der Waals surface area (Å²) >= 11 is 0. The highest BCUT2D eigenvalue weighted by atomic mass is 16.5. The van der Waals surface area contributed by atoms with Gasteiger partial charge in [0.2, 0.25) is 0 Å². The van der Waals surface area contributed by atoms with E-state index in [1.807, 2.05) is 39.8 Å². The fourth-order valence-corrected chi connectivity index (χ4v) is 7.79. The van der Waals surface area contributed by atoms with Gasteiger partial charge in [0.15, 0.2) is 23.0 Å². The molecule has 0 bridgehead atoms. The van der Waals surface area contributed by atoms with Gasteiger partial charge in [0, 0.05) is 82.5 Å². The van der Waals surface area contributed by atoms with E-state index in [0.29, 0.717) is 71.8 Å². The lowest BCUT2D eigenvalue weighted by Crippen LogP contribution is -2.01. The number of aliphatic imine (C=N–C) groups is 2. The minimum atomic E-state index is -0.425. The number of phenols is 6. The number of ether oxygens (including phenoxy) is 2. The quantitative estimate of drug-likeness (QED) is 0.0230. The van der Waals surface area contributed by atoms with Gasteiger partial charge in [-0.15, -0.1) is 0 Å². The molecular weight excluding hydrogens is 741 g/mol. The Bertz CT molecular complexity index is 2050. The predicted molar refractivity (Wildman–Crippen MR) is 230 cm³/mol. The SMILES string of the molecule is COC(=O)CCCCCCN=Cc1c(O)c(O)c(C(C)C)c2cc(C)c(-c3c(C)cc4c(C(C)C)c(O)c(O)c(C=NCCCCCCC(=O)OC)c4c3O)c(O)c12. The van der Waals surface area contributed by atoms with Crippen molar-refractivity contribution in [2.75, 3.05) is 27.3 Å². The molecule has 12 nitrogen and oxygen atoms in total. The van der Waals surface area contributed by atoms with Crippen LogP contribution in [0.4, 0.5) is 0 Å². The number of carbonyl (C=O) groups is 2. The maximum Gasteiger partial charge on any atom is 0.305 e. The third-order valence-corrected chi connectivity index (χ3v) is 10.7. The number of aromatic hydroxyl groups is 6. The van der Waals surface area contributed by atoms with E-state index in [2.05, 4.69) is 9.98 Å². The second kappa shape index (κ2) is 20.3. The number of methoxy groups -OCH3 is 2. The average molecular weight is 801 g/mol. The summed E-state index contributed by atoms with van der Waals surface area (Å²) in [6.07, 6.45) is 9.75. The lowest BCUT2D eigenvalue weighted by Gasteiger charge is -2.23. The number of nitrogens with zero attached hydrogens (tertiary/aromatic N) is 2. The van der Waals surface area contributed by atoms with E-state index in [1.165, 1.54) is 26.6 Å². The highest BCUT2D eigenvalue weighted by Crippen LogP contribution is 2.54. The average Bonchev–Trinajstić information content (AvgIpc) is 3.17. The Kier molecular flexibility index (Phi) is 15.8. The predicted octanol–water partition coefficient (Wildman–Crippen LogP) is 9.84. The first kappa shape index (κ1) is 45.2. The molecule has 12 heteroatoms. The zero-order valence-electron chi connectivity index (χ0n) is 35.2. The number of hydrogen-bond donors (Lipinski definition) is 6. The molecule has 58 heavy (non-hydrogen) atoms. The number of rotatable bonds is 19. The molecular formula is C46H60N2O10. The summed E-state index contributed by atoms with van der Waals surface area (Å²) < 4.78 is 9.40. The molecule has 0 saturated carbocycles. The van der Waals surface area contributed by atoms with E-state index in [9.17, 15) is 40.2 Å². The van der Waals surface area contributed by atoms with Crippen molar-refractivity contribution < 1.29 is 49.7 Å². The van der Waals surface area contributed by atoms with Crippen LogP contribution in [0.2, 0.25) is 0 Å². The van der Waals surface area contributed by atoms with Crippen LogP contribution in [0, 0.1) is 13.8 Å². The standard InChI is InChI=1S/C46H60N2O10/c1-25(2)35-29-21-27(5)37(43(53)39(29)31(41(51)45(35)55)23-47-19-15-11-9-13-17-33(49)57-7)38-28(6)22-30-36(26(3)4)46(56)42(52)32(40(30)44(38)54)24-48-20-16-12-10-14-18-34(50)58-8/h21-26,51-56H,9-20H2,1-8H3. The van der Waals surface area contributed by atoms with Crippen molar-refractivity contribution in [3.63, 3.8) is 0 Å². The van der Waals surface area contributed by atoms with Crippen molar-refractivity contribution in [2.24, 2.45) is 9.98 Å². The van der Waals surface area contributed by atoms with Crippen molar-refractivity contribution in [2.45, 2.75) is 118 Å². The molecule has 0 aliphatic rings. The Morgan fingerprint density at radius 1 is 0.552 bits per heavy atom. The highest BCUT2D eigenvalue weighted by molar-refractivity contribution is 6.15. The summed E-state index contributed by atoms with van der Waals surface area (Å²) in [6, 6.07) is 3.64. The van der Waals surface area contributed by atoms with E-state index >= 15 is 0 Å². The van der Waals surface area contributed by atoms with Crippen LogP contribution in [0.3, 0.4) is 0 Å². The van der Waals surface area contributed by atoms with Gasteiger partial charge in [-0.25, -0.2) is 0 Å². The largest absolute Gasteiger partial charge is 0.507 e. The van der Waals surface area contributed by atoms with E-state index in [-0.39, 0.29) is 79.8 Å². The second-order valence-corrected chi connectivity index (χ2v) is 15.6. The lowest BCUT2D eigenvalue weighted by atomic mass is 9.83. The van der Waals surface area contributed by atoms with Gasteiger partial charge >= 0.3 is 11.9 Å². The molecule has 0 aromatic heterocycles. The van der Waals surface area contributed by atoms with E-state index < -0.39 is 11.5 Å². The molecule has 4 rings (SSSR count). The number of unbranched alkanes of at least 4 members (excludes halogenated alkanes) is 6. The Balaban J connectivity index is 1.86. The zero-order valence-corrected chi connectivity index (χ0v) is 35.2. The molecule has 4 aromatic carbocycles. The first-order valence-corrected chi connectivity index (χ1v) is 20.2. The molecule has 0 unspecified atom stereocenters. The monoisotopic (exact) mass is 800 g/mol. The van der Waals surface area contributed by atoms with Gasteiger partial charge in [0.1, 0.15) is 11.5 Å². The van der Waals surface area contributed by atoms with Crippen LogP contribution >= 0.6 is 0 Å². The zero-order chi connectivity index (χ0) is 42.8. The molecule has 314 valence electrons. The van der Waals surface area contributed by atoms with Crippen LogP contribution in [0.1, 0.15) is 137 Å². The number of esters is 2. The summed E-state index contributed by atoms with van der Waals surface area (Å²) in [4.78, 5) is 31.9. The number of benzene rings is 4. The molecule has 0 atom stereocenters. The van der Waals surface area contributed by atoms with Gasteiger partial charge < -0.3 is 40.1 Å². The highest BCUT2D eigenvalue weighted by Gasteiger charge is 2.29. The van der Waals surface area contributed by atoms with Crippen LogP contribution < -0.4 is 0 Å². The Labute approximate surface area is 340 Å². The third-order valence-electron chi connectivity index (χ3n) is 10.7.